The first kappa shape index (κ1) is 18.6. The molecule has 0 saturated heterocycles. The zero-order valence-corrected chi connectivity index (χ0v) is 16.5. The lowest BCUT2D eigenvalue weighted by molar-refractivity contribution is 0.242. The molecule has 1 aliphatic heterocycles. The first-order valence-corrected chi connectivity index (χ1v) is 10.1. The van der Waals surface area contributed by atoms with E-state index in [4.69, 9.17) is 4.98 Å². The van der Waals surface area contributed by atoms with E-state index in [-0.39, 0.29) is 5.82 Å². The minimum absolute atomic E-state index is 0.250. The lowest BCUT2D eigenvalue weighted by Crippen LogP contribution is -2.31. The van der Waals surface area contributed by atoms with Gasteiger partial charge in [0.1, 0.15) is 5.82 Å². The molecule has 0 aliphatic carbocycles. The molecule has 5 heteroatoms. The average Bonchev–Trinajstić information content (AvgIpc) is 2.80. The van der Waals surface area contributed by atoms with Crippen LogP contribution < -0.4 is 0 Å². The van der Waals surface area contributed by atoms with Crippen molar-refractivity contribution in [1.29, 1.82) is 0 Å². The summed E-state index contributed by atoms with van der Waals surface area (Å²) in [5.74, 6) is 0.538. The summed E-state index contributed by atoms with van der Waals surface area (Å²) in [7, 11) is 0. The number of benzene rings is 2. The summed E-state index contributed by atoms with van der Waals surface area (Å²) in [6.07, 6.45) is 4.70. The quantitative estimate of drug-likeness (QED) is 0.492. The summed E-state index contributed by atoms with van der Waals surface area (Å²) in [4.78, 5) is 16.2. The molecule has 0 spiro atoms. The van der Waals surface area contributed by atoms with Gasteiger partial charge in [0, 0.05) is 55.1 Å². The van der Waals surface area contributed by atoms with Gasteiger partial charge < -0.3 is 0 Å². The zero-order valence-electron chi connectivity index (χ0n) is 16.5. The number of hydrogen-bond acceptors (Lipinski definition) is 4. The van der Waals surface area contributed by atoms with Gasteiger partial charge in [-0.15, -0.1) is 0 Å². The standard InChI is InChI=1S/C25H21FN4/c26-22-9-5-4-8-21(22)24-11-10-18(14-27-24)16-30-13-12-23-20(17-30)15-28-25(29-23)19-6-2-1-3-7-19/h1-11,14-15H,12-13,16-17H2. The number of halogens is 1. The minimum atomic E-state index is -0.250. The van der Waals surface area contributed by atoms with Crippen LogP contribution in [-0.4, -0.2) is 26.4 Å². The summed E-state index contributed by atoms with van der Waals surface area (Å²) >= 11 is 0. The molecule has 3 heterocycles. The molecule has 4 nitrogen and oxygen atoms in total. The SMILES string of the molecule is Fc1ccccc1-c1ccc(CN2CCc3nc(-c4ccccc4)ncc3C2)cn1. The Balaban J connectivity index is 1.28. The van der Waals surface area contributed by atoms with Gasteiger partial charge in [0.2, 0.25) is 0 Å². The molecule has 0 bridgehead atoms. The van der Waals surface area contributed by atoms with Crippen molar-refractivity contribution < 1.29 is 4.39 Å². The summed E-state index contributed by atoms with van der Waals surface area (Å²) in [6, 6.07) is 20.7. The summed E-state index contributed by atoms with van der Waals surface area (Å²) in [5, 5.41) is 0. The molecule has 2 aromatic heterocycles. The van der Waals surface area contributed by atoms with Gasteiger partial charge in [0.15, 0.2) is 5.82 Å². The minimum Gasteiger partial charge on any atom is -0.294 e. The first-order valence-electron chi connectivity index (χ1n) is 10.1. The van der Waals surface area contributed by atoms with Crippen LogP contribution in [-0.2, 0) is 19.5 Å². The van der Waals surface area contributed by atoms with E-state index in [0.29, 0.717) is 11.3 Å². The molecule has 2 aromatic carbocycles. The third-order valence-electron chi connectivity index (χ3n) is 5.43. The van der Waals surface area contributed by atoms with Gasteiger partial charge >= 0.3 is 0 Å². The van der Waals surface area contributed by atoms with Crippen molar-refractivity contribution in [1.82, 2.24) is 19.9 Å². The fraction of sp³-hybridized carbons (Fsp3) is 0.160. The molecule has 0 atom stereocenters. The lowest BCUT2D eigenvalue weighted by Gasteiger charge is -2.28. The van der Waals surface area contributed by atoms with Gasteiger partial charge in [-0.3, -0.25) is 9.88 Å². The summed E-state index contributed by atoms with van der Waals surface area (Å²) in [5.41, 5.74) is 5.65. The number of fused-ring (bicyclic) bond motifs is 1. The summed E-state index contributed by atoms with van der Waals surface area (Å²) in [6.45, 7) is 2.55. The topological polar surface area (TPSA) is 41.9 Å². The maximum atomic E-state index is 14.0. The fourth-order valence-corrected chi connectivity index (χ4v) is 3.84. The van der Waals surface area contributed by atoms with E-state index >= 15 is 0 Å². The smallest absolute Gasteiger partial charge is 0.159 e. The zero-order chi connectivity index (χ0) is 20.3. The fourth-order valence-electron chi connectivity index (χ4n) is 3.84. The number of rotatable bonds is 4. The van der Waals surface area contributed by atoms with Crippen molar-refractivity contribution in [2.75, 3.05) is 6.54 Å². The van der Waals surface area contributed by atoms with Crippen LogP contribution in [0.3, 0.4) is 0 Å². The third-order valence-corrected chi connectivity index (χ3v) is 5.43. The molecule has 30 heavy (non-hydrogen) atoms. The maximum absolute atomic E-state index is 14.0. The van der Waals surface area contributed by atoms with Crippen molar-refractivity contribution in [2.24, 2.45) is 0 Å². The molecule has 148 valence electrons. The summed E-state index contributed by atoms with van der Waals surface area (Å²) < 4.78 is 14.0. The van der Waals surface area contributed by atoms with Gasteiger partial charge in [-0.2, -0.15) is 0 Å². The van der Waals surface area contributed by atoms with Crippen LogP contribution in [0.25, 0.3) is 22.6 Å². The monoisotopic (exact) mass is 396 g/mol. The molecule has 0 N–H and O–H groups in total. The van der Waals surface area contributed by atoms with Gasteiger partial charge in [0.05, 0.1) is 11.4 Å². The van der Waals surface area contributed by atoms with E-state index in [1.54, 1.807) is 12.1 Å². The Labute approximate surface area is 175 Å². The van der Waals surface area contributed by atoms with Gasteiger partial charge in [-0.1, -0.05) is 48.5 Å². The van der Waals surface area contributed by atoms with Crippen LogP contribution in [0.4, 0.5) is 4.39 Å². The Morgan fingerprint density at radius 2 is 1.70 bits per heavy atom. The largest absolute Gasteiger partial charge is 0.294 e. The predicted molar refractivity (Wildman–Crippen MR) is 115 cm³/mol. The van der Waals surface area contributed by atoms with Crippen molar-refractivity contribution in [3.05, 3.63) is 102 Å². The molecule has 0 unspecified atom stereocenters. The van der Waals surface area contributed by atoms with Crippen molar-refractivity contribution in [3.8, 4) is 22.6 Å². The van der Waals surface area contributed by atoms with E-state index in [0.717, 1.165) is 48.7 Å². The molecule has 0 radical (unpaired) electrons. The first-order chi connectivity index (χ1) is 14.8. The van der Waals surface area contributed by atoms with Crippen molar-refractivity contribution in [2.45, 2.75) is 19.5 Å². The molecule has 4 aromatic rings. The predicted octanol–water partition coefficient (Wildman–Crippen LogP) is 4.90. The molecule has 0 saturated carbocycles. The number of hydrogen-bond donors (Lipinski definition) is 0. The number of pyridine rings is 1. The Bertz CT molecular complexity index is 1160. The van der Waals surface area contributed by atoms with Crippen LogP contribution >= 0.6 is 0 Å². The Kier molecular flexibility index (Phi) is 5.03. The van der Waals surface area contributed by atoms with E-state index in [2.05, 4.69) is 14.9 Å². The van der Waals surface area contributed by atoms with E-state index in [9.17, 15) is 4.39 Å². The van der Waals surface area contributed by atoms with Crippen LogP contribution in [0.5, 0.6) is 0 Å². The van der Waals surface area contributed by atoms with Crippen LogP contribution in [0, 0.1) is 5.82 Å². The van der Waals surface area contributed by atoms with Crippen LogP contribution in [0.2, 0.25) is 0 Å². The Morgan fingerprint density at radius 1 is 0.867 bits per heavy atom. The molecule has 1 aliphatic rings. The van der Waals surface area contributed by atoms with Gasteiger partial charge in [-0.05, 0) is 23.8 Å². The van der Waals surface area contributed by atoms with Crippen molar-refractivity contribution in [3.63, 3.8) is 0 Å². The van der Waals surface area contributed by atoms with Crippen LogP contribution in [0.15, 0.2) is 79.1 Å². The van der Waals surface area contributed by atoms with Gasteiger partial charge in [-0.25, -0.2) is 14.4 Å². The van der Waals surface area contributed by atoms with Crippen LogP contribution in [0.1, 0.15) is 16.8 Å². The molecular weight excluding hydrogens is 375 g/mol. The average molecular weight is 396 g/mol. The Morgan fingerprint density at radius 3 is 2.50 bits per heavy atom. The second-order valence-corrected chi connectivity index (χ2v) is 7.52. The van der Waals surface area contributed by atoms with Gasteiger partial charge in [0.25, 0.3) is 0 Å². The van der Waals surface area contributed by atoms with E-state index < -0.39 is 0 Å². The second kappa shape index (κ2) is 8.13. The third kappa shape index (κ3) is 3.84. The number of aromatic nitrogens is 3. The molecule has 0 amide bonds. The number of nitrogens with zero attached hydrogens (tertiary/aromatic N) is 4. The van der Waals surface area contributed by atoms with Crippen molar-refractivity contribution >= 4 is 0 Å². The Hall–Kier alpha value is -3.44. The lowest BCUT2D eigenvalue weighted by atomic mass is 10.1. The highest BCUT2D eigenvalue weighted by Gasteiger charge is 2.19. The normalized spacial score (nSPS) is 13.8. The highest BCUT2D eigenvalue weighted by molar-refractivity contribution is 5.59. The second-order valence-electron chi connectivity index (χ2n) is 7.52. The van der Waals surface area contributed by atoms with E-state index in [1.165, 1.54) is 11.6 Å². The molecule has 5 rings (SSSR count). The maximum Gasteiger partial charge on any atom is 0.159 e. The molecule has 0 fully saturated rings. The highest BCUT2D eigenvalue weighted by Crippen LogP contribution is 2.23. The highest BCUT2D eigenvalue weighted by atomic mass is 19.1. The molecular formula is C25H21FN4. The van der Waals surface area contributed by atoms with E-state index in [1.807, 2.05) is 60.9 Å².